The maximum absolute atomic E-state index is 13.3. The van der Waals surface area contributed by atoms with Crippen LogP contribution in [-0.4, -0.2) is 36.2 Å². The lowest BCUT2D eigenvalue weighted by atomic mass is 9.92. The molecule has 0 saturated carbocycles. The van der Waals surface area contributed by atoms with E-state index in [-0.39, 0.29) is 11.7 Å². The van der Waals surface area contributed by atoms with Crippen molar-refractivity contribution in [2.24, 2.45) is 0 Å². The van der Waals surface area contributed by atoms with E-state index in [1.165, 1.54) is 17.7 Å². The number of halogens is 1. The van der Waals surface area contributed by atoms with Crippen molar-refractivity contribution < 1.29 is 9.59 Å². The lowest BCUT2D eigenvalue weighted by Gasteiger charge is -2.19. The van der Waals surface area contributed by atoms with E-state index in [9.17, 15) is 9.59 Å². The number of aryl methyl sites for hydroxylation is 1. The number of ketones is 1. The minimum atomic E-state index is -0.0221. The topological polar surface area (TPSA) is 49.4 Å². The zero-order chi connectivity index (χ0) is 20.2. The van der Waals surface area contributed by atoms with Gasteiger partial charge in [-0.2, -0.15) is 0 Å². The zero-order valence-corrected chi connectivity index (χ0v) is 18.2. The maximum atomic E-state index is 13.3. The second kappa shape index (κ2) is 9.41. The molecular formula is C23H27ClN2O2S. The summed E-state index contributed by atoms with van der Waals surface area (Å²) in [4.78, 5) is 29.6. The average molecular weight is 431 g/mol. The number of thiophene rings is 1. The molecular weight excluding hydrogens is 404 g/mol. The summed E-state index contributed by atoms with van der Waals surface area (Å²) in [7, 11) is 0. The van der Waals surface area contributed by atoms with Gasteiger partial charge >= 0.3 is 0 Å². The number of hydrogen-bond donors (Lipinski definition) is 1. The third kappa shape index (κ3) is 4.90. The highest BCUT2D eigenvalue weighted by atomic mass is 35.5. The number of anilines is 1. The standard InChI is InChI=1S/C23H27ClN2O2S/c24-17-11-9-16(10-12-17)22(28)21-18-7-3-4-8-19(18)29-23(21)25-20(27)15-26-13-5-1-2-6-14-26/h9-12H,1-8,13-15H2,(H,25,27). The number of carbonyl (C=O) groups is 2. The van der Waals surface area contributed by atoms with Crippen molar-refractivity contribution in [2.75, 3.05) is 25.0 Å². The first kappa shape index (κ1) is 20.6. The van der Waals surface area contributed by atoms with Crippen LogP contribution in [0.15, 0.2) is 24.3 Å². The molecule has 0 spiro atoms. The van der Waals surface area contributed by atoms with Crippen molar-refractivity contribution >= 4 is 39.6 Å². The number of fused-ring (bicyclic) bond motifs is 1. The molecule has 154 valence electrons. The molecule has 2 aliphatic rings. The fraction of sp³-hybridized carbons (Fsp3) is 0.478. The third-order valence-corrected chi connectivity index (χ3v) is 7.28. The van der Waals surface area contributed by atoms with Crippen molar-refractivity contribution in [3.63, 3.8) is 0 Å². The van der Waals surface area contributed by atoms with Crippen molar-refractivity contribution in [1.29, 1.82) is 0 Å². The van der Waals surface area contributed by atoms with Gasteiger partial charge in [0.15, 0.2) is 5.78 Å². The summed E-state index contributed by atoms with van der Waals surface area (Å²) >= 11 is 7.58. The van der Waals surface area contributed by atoms with Gasteiger partial charge in [-0.1, -0.05) is 24.4 Å². The van der Waals surface area contributed by atoms with E-state index in [1.807, 2.05) is 0 Å². The molecule has 1 aromatic heterocycles. The summed E-state index contributed by atoms with van der Waals surface area (Å²) in [5, 5.41) is 4.42. The molecule has 1 aliphatic heterocycles. The van der Waals surface area contributed by atoms with Crippen LogP contribution in [0.4, 0.5) is 5.00 Å². The Bertz CT molecular complexity index is 883. The predicted molar refractivity (Wildman–Crippen MR) is 119 cm³/mol. The fourth-order valence-corrected chi connectivity index (χ4v) is 5.73. The van der Waals surface area contributed by atoms with Gasteiger partial charge in [-0.05, 0) is 81.4 Å². The molecule has 1 fully saturated rings. The van der Waals surface area contributed by atoms with Gasteiger partial charge in [-0.3, -0.25) is 14.5 Å². The van der Waals surface area contributed by atoms with Gasteiger partial charge in [-0.15, -0.1) is 11.3 Å². The van der Waals surface area contributed by atoms with Gasteiger partial charge in [0.25, 0.3) is 0 Å². The van der Waals surface area contributed by atoms with E-state index in [2.05, 4.69) is 10.2 Å². The molecule has 0 radical (unpaired) electrons. The summed E-state index contributed by atoms with van der Waals surface area (Å²) in [6, 6.07) is 7.01. The monoisotopic (exact) mass is 430 g/mol. The molecule has 2 aromatic rings. The Kier molecular flexibility index (Phi) is 6.68. The van der Waals surface area contributed by atoms with Crippen LogP contribution in [0.25, 0.3) is 0 Å². The highest BCUT2D eigenvalue weighted by molar-refractivity contribution is 7.17. The molecule has 1 amide bonds. The van der Waals surface area contributed by atoms with Crippen LogP contribution < -0.4 is 5.32 Å². The van der Waals surface area contributed by atoms with Crippen LogP contribution in [0.5, 0.6) is 0 Å². The number of benzene rings is 1. The van der Waals surface area contributed by atoms with Gasteiger partial charge < -0.3 is 5.32 Å². The SMILES string of the molecule is O=C(CN1CCCCCC1)Nc1sc2c(c1C(=O)c1ccc(Cl)cc1)CCCC2. The summed E-state index contributed by atoms with van der Waals surface area (Å²) in [6.45, 7) is 2.35. The number of carbonyl (C=O) groups excluding carboxylic acids is 2. The van der Waals surface area contributed by atoms with Gasteiger partial charge in [-0.25, -0.2) is 0 Å². The molecule has 4 rings (SSSR count). The van der Waals surface area contributed by atoms with Crippen molar-refractivity contribution in [1.82, 2.24) is 4.90 Å². The normalized spacial score (nSPS) is 17.4. The molecule has 0 atom stereocenters. The largest absolute Gasteiger partial charge is 0.316 e. The first-order chi connectivity index (χ1) is 14.1. The fourth-order valence-electron chi connectivity index (χ4n) is 4.30. The second-order valence-electron chi connectivity index (χ2n) is 7.99. The van der Waals surface area contributed by atoms with Gasteiger partial charge in [0, 0.05) is 15.5 Å². The summed E-state index contributed by atoms with van der Waals surface area (Å²) in [5.41, 5.74) is 2.44. The first-order valence-corrected chi connectivity index (χ1v) is 11.8. The van der Waals surface area contributed by atoms with Gasteiger partial charge in [0.2, 0.25) is 5.91 Å². The molecule has 6 heteroatoms. The quantitative estimate of drug-likeness (QED) is 0.652. The van der Waals surface area contributed by atoms with E-state index >= 15 is 0 Å². The highest BCUT2D eigenvalue weighted by Gasteiger charge is 2.27. The minimum Gasteiger partial charge on any atom is -0.316 e. The number of amides is 1. The second-order valence-corrected chi connectivity index (χ2v) is 9.53. The van der Waals surface area contributed by atoms with E-state index in [4.69, 9.17) is 11.6 Å². The highest BCUT2D eigenvalue weighted by Crippen LogP contribution is 2.39. The van der Waals surface area contributed by atoms with Crippen LogP contribution >= 0.6 is 22.9 Å². The number of hydrogen-bond acceptors (Lipinski definition) is 4. The zero-order valence-electron chi connectivity index (χ0n) is 16.6. The Morgan fingerprint density at radius 3 is 2.38 bits per heavy atom. The van der Waals surface area contributed by atoms with Crippen LogP contribution in [-0.2, 0) is 17.6 Å². The maximum Gasteiger partial charge on any atom is 0.239 e. The van der Waals surface area contributed by atoms with Gasteiger partial charge in [0.1, 0.15) is 5.00 Å². The smallest absolute Gasteiger partial charge is 0.239 e. The van der Waals surface area contributed by atoms with Crippen molar-refractivity contribution in [2.45, 2.75) is 51.4 Å². The number of nitrogens with zero attached hydrogens (tertiary/aromatic N) is 1. The Morgan fingerprint density at radius 2 is 1.66 bits per heavy atom. The van der Waals surface area contributed by atoms with E-state index in [1.54, 1.807) is 35.6 Å². The summed E-state index contributed by atoms with van der Waals surface area (Å²) < 4.78 is 0. The van der Waals surface area contributed by atoms with Crippen LogP contribution in [0.2, 0.25) is 5.02 Å². The summed E-state index contributed by atoms with van der Waals surface area (Å²) in [5.74, 6) is -0.0400. The Labute approximate surface area is 181 Å². The number of nitrogens with one attached hydrogen (secondary N) is 1. The Hall–Kier alpha value is -1.69. The molecule has 0 bridgehead atoms. The summed E-state index contributed by atoms with van der Waals surface area (Å²) in [6.07, 6.45) is 8.92. The predicted octanol–water partition coefficient (Wildman–Crippen LogP) is 5.33. The Balaban J connectivity index is 1.57. The lowest BCUT2D eigenvalue weighted by Crippen LogP contribution is -2.34. The molecule has 1 saturated heterocycles. The van der Waals surface area contributed by atoms with E-state index < -0.39 is 0 Å². The minimum absolute atomic E-state index is 0.0179. The lowest BCUT2D eigenvalue weighted by molar-refractivity contribution is -0.117. The third-order valence-electron chi connectivity index (χ3n) is 5.82. The molecule has 29 heavy (non-hydrogen) atoms. The molecule has 4 nitrogen and oxygen atoms in total. The molecule has 1 aromatic carbocycles. The molecule has 1 N–H and O–H groups in total. The van der Waals surface area contributed by atoms with Crippen LogP contribution in [0.3, 0.4) is 0 Å². The van der Waals surface area contributed by atoms with Gasteiger partial charge in [0.05, 0.1) is 12.1 Å². The van der Waals surface area contributed by atoms with E-state index in [0.717, 1.165) is 62.2 Å². The average Bonchev–Trinajstić information content (AvgIpc) is 2.87. The van der Waals surface area contributed by atoms with E-state index in [0.29, 0.717) is 22.7 Å². The molecule has 2 heterocycles. The number of likely N-dealkylation sites (tertiary alicyclic amines) is 1. The Morgan fingerprint density at radius 1 is 0.966 bits per heavy atom. The van der Waals surface area contributed by atoms with Crippen molar-refractivity contribution in [3.8, 4) is 0 Å². The molecule has 0 unspecified atom stereocenters. The van der Waals surface area contributed by atoms with Crippen molar-refractivity contribution in [3.05, 3.63) is 50.9 Å². The van der Waals surface area contributed by atoms with Crippen LogP contribution in [0.1, 0.15) is 64.9 Å². The van der Waals surface area contributed by atoms with Crippen LogP contribution in [0, 0.1) is 0 Å². The molecule has 1 aliphatic carbocycles. The first-order valence-electron chi connectivity index (χ1n) is 10.6. The number of rotatable bonds is 5.